The lowest BCUT2D eigenvalue weighted by molar-refractivity contribution is 0.215. The van der Waals surface area contributed by atoms with Gasteiger partial charge in [0, 0.05) is 30.3 Å². The van der Waals surface area contributed by atoms with Crippen molar-refractivity contribution < 1.29 is 4.79 Å². The topological polar surface area (TPSA) is 44.4 Å². The monoisotopic (exact) mass is 289 g/mol. The van der Waals surface area contributed by atoms with Crippen molar-refractivity contribution >= 4 is 35.7 Å². The molecule has 100 valence electrons. The van der Waals surface area contributed by atoms with Crippen molar-refractivity contribution in [2.45, 2.75) is 6.42 Å². The Morgan fingerprint density at radius 3 is 2.94 bits per heavy atom. The number of amides is 2. The highest BCUT2D eigenvalue weighted by molar-refractivity contribution is 6.30. The maximum absolute atomic E-state index is 12.0. The first kappa shape index (κ1) is 15.1. The van der Waals surface area contributed by atoms with Gasteiger partial charge in [-0.25, -0.2) is 4.79 Å². The van der Waals surface area contributed by atoms with Crippen LogP contribution >= 0.6 is 24.0 Å². The molecule has 0 radical (unpaired) electrons. The van der Waals surface area contributed by atoms with Gasteiger partial charge in [-0.3, -0.25) is 0 Å². The van der Waals surface area contributed by atoms with Gasteiger partial charge in [-0.2, -0.15) is 0 Å². The van der Waals surface area contributed by atoms with Gasteiger partial charge in [0.15, 0.2) is 0 Å². The lowest BCUT2D eigenvalue weighted by Gasteiger charge is -2.20. The quantitative estimate of drug-likeness (QED) is 0.835. The largest absolute Gasteiger partial charge is 0.323 e. The number of carbonyl (C=O) groups is 1. The van der Waals surface area contributed by atoms with Crippen LogP contribution in [-0.2, 0) is 0 Å². The van der Waals surface area contributed by atoms with Crippen molar-refractivity contribution in [1.29, 1.82) is 0 Å². The molecule has 6 heteroatoms. The predicted octanol–water partition coefficient (Wildman–Crippen LogP) is 2.59. The van der Waals surface area contributed by atoms with Crippen molar-refractivity contribution in [1.82, 2.24) is 10.2 Å². The predicted molar refractivity (Wildman–Crippen MR) is 76.8 cm³/mol. The second-order valence-corrected chi connectivity index (χ2v) is 4.47. The number of anilines is 1. The van der Waals surface area contributed by atoms with E-state index in [4.69, 9.17) is 11.6 Å². The lowest BCUT2D eigenvalue weighted by Crippen LogP contribution is -2.37. The first-order valence-corrected chi connectivity index (χ1v) is 6.16. The number of benzene rings is 1. The molecule has 0 aliphatic carbocycles. The molecule has 1 aliphatic heterocycles. The van der Waals surface area contributed by atoms with Crippen molar-refractivity contribution in [2.24, 2.45) is 0 Å². The smallest absolute Gasteiger partial charge is 0.321 e. The van der Waals surface area contributed by atoms with Crippen molar-refractivity contribution in [3.05, 3.63) is 29.3 Å². The zero-order valence-corrected chi connectivity index (χ0v) is 11.6. The van der Waals surface area contributed by atoms with E-state index in [9.17, 15) is 4.79 Å². The Kier molecular flexibility index (Phi) is 6.25. The Morgan fingerprint density at radius 1 is 1.33 bits per heavy atom. The molecule has 2 N–H and O–H groups in total. The molecule has 0 aromatic heterocycles. The minimum Gasteiger partial charge on any atom is -0.323 e. The summed E-state index contributed by atoms with van der Waals surface area (Å²) in [6.07, 6.45) is 0.989. The summed E-state index contributed by atoms with van der Waals surface area (Å²) in [4.78, 5) is 13.8. The average Bonchev–Trinajstić information content (AvgIpc) is 2.57. The van der Waals surface area contributed by atoms with Crippen LogP contribution in [0.1, 0.15) is 6.42 Å². The lowest BCUT2D eigenvalue weighted by atomic mass is 10.3. The normalized spacial score (nSPS) is 15.5. The summed E-state index contributed by atoms with van der Waals surface area (Å²) in [5.41, 5.74) is 0.736. The highest BCUT2D eigenvalue weighted by Gasteiger charge is 2.14. The van der Waals surface area contributed by atoms with Crippen LogP contribution in [0.2, 0.25) is 5.02 Å². The van der Waals surface area contributed by atoms with Gasteiger partial charge < -0.3 is 15.5 Å². The fourth-order valence-corrected chi connectivity index (χ4v) is 2.01. The molecule has 2 rings (SSSR count). The number of nitrogens with one attached hydrogen (secondary N) is 2. The van der Waals surface area contributed by atoms with Crippen LogP contribution in [0.15, 0.2) is 24.3 Å². The molecule has 0 atom stereocenters. The Hall–Kier alpha value is -0.970. The number of nitrogens with zero attached hydrogens (tertiary/aromatic N) is 1. The summed E-state index contributed by atoms with van der Waals surface area (Å²) in [5, 5.41) is 6.74. The van der Waals surface area contributed by atoms with Crippen LogP contribution in [0.4, 0.5) is 10.5 Å². The number of hydrogen-bond acceptors (Lipinski definition) is 2. The molecular formula is C12H17Cl2N3O. The van der Waals surface area contributed by atoms with Gasteiger partial charge in [-0.15, -0.1) is 12.4 Å². The zero-order chi connectivity index (χ0) is 12.1. The minimum atomic E-state index is -0.0593. The fraction of sp³-hybridized carbons (Fsp3) is 0.417. The summed E-state index contributed by atoms with van der Waals surface area (Å²) in [6, 6.07) is 7.13. The summed E-state index contributed by atoms with van der Waals surface area (Å²) in [6.45, 7) is 3.36. The molecule has 1 aliphatic rings. The fourth-order valence-electron chi connectivity index (χ4n) is 1.82. The van der Waals surface area contributed by atoms with Gasteiger partial charge in [0.1, 0.15) is 0 Å². The maximum Gasteiger partial charge on any atom is 0.321 e. The molecule has 0 saturated carbocycles. The van der Waals surface area contributed by atoms with Crippen LogP contribution < -0.4 is 10.6 Å². The molecule has 1 saturated heterocycles. The minimum absolute atomic E-state index is 0. The molecule has 0 spiro atoms. The zero-order valence-electron chi connectivity index (χ0n) is 9.99. The van der Waals surface area contributed by atoms with Gasteiger partial charge in [0.05, 0.1) is 0 Å². The molecule has 1 aromatic carbocycles. The average molecular weight is 290 g/mol. The van der Waals surface area contributed by atoms with E-state index < -0.39 is 0 Å². The molecule has 1 aromatic rings. The second-order valence-electron chi connectivity index (χ2n) is 4.03. The van der Waals surface area contributed by atoms with E-state index in [1.165, 1.54) is 0 Å². The number of rotatable bonds is 1. The van der Waals surface area contributed by atoms with E-state index >= 15 is 0 Å². The van der Waals surface area contributed by atoms with Crippen LogP contribution in [-0.4, -0.2) is 37.1 Å². The van der Waals surface area contributed by atoms with Gasteiger partial charge in [-0.05, 0) is 31.2 Å². The summed E-state index contributed by atoms with van der Waals surface area (Å²) in [5.74, 6) is 0. The standard InChI is InChI=1S/C12H16ClN3O.ClH/c13-10-3-1-4-11(9-10)15-12(17)16-7-2-5-14-6-8-16;/h1,3-4,9,14H,2,5-8H2,(H,15,17);1H. The van der Waals surface area contributed by atoms with Crippen molar-refractivity contribution in [3.63, 3.8) is 0 Å². The van der Waals surface area contributed by atoms with E-state index in [-0.39, 0.29) is 18.4 Å². The van der Waals surface area contributed by atoms with Crippen LogP contribution in [0, 0.1) is 0 Å². The molecule has 1 heterocycles. The third-order valence-corrected chi connectivity index (χ3v) is 2.94. The van der Waals surface area contributed by atoms with Crippen molar-refractivity contribution in [3.8, 4) is 0 Å². The molecular weight excluding hydrogens is 273 g/mol. The Morgan fingerprint density at radius 2 is 2.17 bits per heavy atom. The maximum atomic E-state index is 12.0. The third kappa shape index (κ3) is 4.37. The summed E-state index contributed by atoms with van der Waals surface area (Å²) >= 11 is 5.87. The van der Waals surface area contributed by atoms with E-state index in [2.05, 4.69) is 10.6 Å². The van der Waals surface area contributed by atoms with E-state index in [1.807, 2.05) is 17.0 Å². The van der Waals surface area contributed by atoms with Gasteiger partial charge in [-0.1, -0.05) is 17.7 Å². The van der Waals surface area contributed by atoms with E-state index in [0.717, 1.165) is 38.3 Å². The summed E-state index contributed by atoms with van der Waals surface area (Å²) < 4.78 is 0. The second kappa shape index (κ2) is 7.46. The number of halogens is 2. The molecule has 18 heavy (non-hydrogen) atoms. The van der Waals surface area contributed by atoms with Crippen LogP contribution in [0.25, 0.3) is 0 Å². The highest BCUT2D eigenvalue weighted by atomic mass is 35.5. The van der Waals surface area contributed by atoms with Crippen LogP contribution in [0.5, 0.6) is 0 Å². The first-order valence-electron chi connectivity index (χ1n) is 5.78. The summed E-state index contributed by atoms with van der Waals surface area (Å²) in [7, 11) is 0. The number of carbonyl (C=O) groups excluding carboxylic acids is 1. The molecule has 0 unspecified atom stereocenters. The van der Waals surface area contributed by atoms with E-state index in [1.54, 1.807) is 12.1 Å². The molecule has 2 amide bonds. The molecule has 0 bridgehead atoms. The Balaban J connectivity index is 0.00000162. The highest BCUT2D eigenvalue weighted by Crippen LogP contribution is 2.15. The Labute approximate surface area is 118 Å². The third-order valence-electron chi connectivity index (χ3n) is 2.70. The van der Waals surface area contributed by atoms with Gasteiger partial charge in [0.2, 0.25) is 0 Å². The molecule has 1 fully saturated rings. The van der Waals surface area contributed by atoms with Gasteiger partial charge >= 0.3 is 6.03 Å². The van der Waals surface area contributed by atoms with Gasteiger partial charge in [0.25, 0.3) is 0 Å². The molecule has 4 nitrogen and oxygen atoms in total. The number of urea groups is 1. The van der Waals surface area contributed by atoms with E-state index in [0.29, 0.717) is 5.02 Å². The van der Waals surface area contributed by atoms with Crippen molar-refractivity contribution in [2.75, 3.05) is 31.5 Å². The Bertz CT molecular complexity index is 393. The van der Waals surface area contributed by atoms with Crippen LogP contribution in [0.3, 0.4) is 0 Å². The SMILES string of the molecule is Cl.O=C(Nc1cccc(Cl)c1)N1CCCNCC1. The first-order chi connectivity index (χ1) is 8.25. The number of hydrogen-bond donors (Lipinski definition) is 2.